The zero-order valence-electron chi connectivity index (χ0n) is 15.1. The molecule has 1 N–H and O–H groups in total. The number of nitrogens with zero attached hydrogens (tertiary/aromatic N) is 4. The minimum Gasteiger partial charge on any atom is -0.361 e. The Balaban J connectivity index is 1.76. The number of amides is 1. The molecule has 0 aliphatic carbocycles. The summed E-state index contributed by atoms with van der Waals surface area (Å²) in [5.41, 5.74) is 2.98. The molecule has 1 aliphatic heterocycles. The van der Waals surface area contributed by atoms with Gasteiger partial charge < -0.3 is 9.42 Å². The van der Waals surface area contributed by atoms with E-state index in [1.807, 2.05) is 13.0 Å². The Bertz CT molecular complexity index is 1030. The van der Waals surface area contributed by atoms with Crippen LogP contribution in [0.1, 0.15) is 58.5 Å². The van der Waals surface area contributed by atoms with Crippen molar-refractivity contribution in [2.75, 3.05) is 6.54 Å². The first kappa shape index (κ1) is 16.6. The van der Waals surface area contributed by atoms with Crippen LogP contribution < -0.4 is 5.56 Å². The third kappa shape index (κ3) is 2.61. The average Bonchev–Trinajstić information content (AvgIpc) is 3.16. The Hall–Kier alpha value is -2.90. The third-order valence-electron chi connectivity index (χ3n) is 4.95. The number of nitrogens with one attached hydrogen (secondary N) is 1. The predicted molar refractivity (Wildman–Crippen MR) is 94.2 cm³/mol. The lowest BCUT2D eigenvalue weighted by atomic mass is 9.97. The van der Waals surface area contributed by atoms with E-state index in [2.05, 4.69) is 15.2 Å². The van der Waals surface area contributed by atoms with Crippen LogP contribution in [0.3, 0.4) is 0 Å². The topological polar surface area (TPSA) is 96.5 Å². The fraction of sp³-hybridized carbons (Fsp3) is 0.444. The second-order valence-electron chi connectivity index (χ2n) is 6.86. The highest BCUT2D eigenvalue weighted by Gasteiger charge is 2.33. The first-order valence-electron chi connectivity index (χ1n) is 8.79. The fourth-order valence-electron chi connectivity index (χ4n) is 3.71. The van der Waals surface area contributed by atoms with E-state index >= 15 is 0 Å². The van der Waals surface area contributed by atoms with Gasteiger partial charge in [0, 0.05) is 24.4 Å². The number of aryl methyl sites for hydroxylation is 3. The maximum atomic E-state index is 13.1. The zero-order chi connectivity index (χ0) is 18.4. The molecule has 0 spiro atoms. The zero-order valence-corrected chi connectivity index (χ0v) is 15.1. The maximum absolute atomic E-state index is 13.1. The van der Waals surface area contributed by atoms with E-state index < -0.39 is 0 Å². The number of H-pyrrole nitrogens is 1. The summed E-state index contributed by atoms with van der Waals surface area (Å²) >= 11 is 0. The van der Waals surface area contributed by atoms with Crippen molar-refractivity contribution in [3.05, 3.63) is 50.9 Å². The Morgan fingerprint density at radius 2 is 2.08 bits per heavy atom. The van der Waals surface area contributed by atoms with Gasteiger partial charge in [0.1, 0.15) is 11.3 Å². The number of rotatable bonds is 2. The first-order valence-corrected chi connectivity index (χ1v) is 8.79. The lowest BCUT2D eigenvalue weighted by Crippen LogP contribution is -2.39. The van der Waals surface area contributed by atoms with Crippen LogP contribution in [0.5, 0.6) is 0 Å². The van der Waals surface area contributed by atoms with Gasteiger partial charge in [0.2, 0.25) is 0 Å². The van der Waals surface area contributed by atoms with Gasteiger partial charge in [-0.3, -0.25) is 14.7 Å². The molecular weight excluding hydrogens is 334 g/mol. The second kappa shape index (κ2) is 6.12. The Morgan fingerprint density at radius 3 is 2.81 bits per heavy atom. The Morgan fingerprint density at radius 1 is 1.27 bits per heavy atom. The van der Waals surface area contributed by atoms with E-state index in [1.165, 1.54) is 10.6 Å². The number of hydrogen-bond acceptors (Lipinski definition) is 5. The smallest absolute Gasteiger partial charge is 0.272 e. The standard InChI is InChI=1S/C18H21N5O3/c1-10-8-15-19-13(9-16(24)23(15)20-10)14-6-4-5-7-22(14)18(25)17-11(2)21-26-12(17)3/h8-9,14,20H,4-7H2,1-3H3. The summed E-state index contributed by atoms with van der Waals surface area (Å²) in [6.45, 7) is 6.01. The molecule has 3 aromatic heterocycles. The number of piperidine rings is 1. The molecule has 0 bridgehead atoms. The number of aromatic nitrogens is 4. The van der Waals surface area contributed by atoms with Gasteiger partial charge in [-0.05, 0) is 40.0 Å². The van der Waals surface area contributed by atoms with Gasteiger partial charge in [-0.1, -0.05) is 5.16 Å². The molecule has 26 heavy (non-hydrogen) atoms. The van der Waals surface area contributed by atoms with Crippen molar-refractivity contribution < 1.29 is 9.32 Å². The van der Waals surface area contributed by atoms with Gasteiger partial charge in [-0.25, -0.2) is 9.50 Å². The molecule has 1 aliphatic rings. The van der Waals surface area contributed by atoms with E-state index in [0.717, 1.165) is 25.0 Å². The average molecular weight is 355 g/mol. The maximum Gasteiger partial charge on any atom is 0.272 e. The molecule has 1 fully saturated rings. The minimum absolute atomic E-state index is 0.113. The fourth-order valence-corrected chi connectivity index (χ4v) is 3.71. The SMILES string of the molecule is Cc1cc2nc(C3CCCCN3C(=O)c3c(C)noc3C)cc(=O)n2[nH]1. The van der Waals surface area contributed by atoms with Crippen LogP contribution >= 0.6 is 0 Å². The first-order chi connectivity index (χ1) is 12.5. The summed E-state index contributed by atoms with van der Waals surface area (Å²) in [5.74, 6) is 0.403. The number of aromatic amines is 1. The predicted octanol–water partition coefficient (Wildman–Crippen LogP) is 2.30. The molecule has 4 rings (SSSR count). The molecular formula is C18H21N5O3. The van der Waals surface area contributed by atoms with Crippen LogP contribution in [0.15, 0.2) is 21.5 Å². The molecule has 8 nitrogen and oxygen atoms in total. The molecule has 1 saturated heterocycles. The Labute approximate surface area is 149 Å². The van der Waals surface area contributed by atoms with Gasteiger partial charge in [-0.15, -0.1) is 0 Å². The van der Waals surface area contributed by atoms with Crippen molar-refractivity contribution in [1.82, 2.24) is 24.7 Å². The van der Waals surface area contributed by atoms with E-state index in [4.69, 9.17) is 4.52 Å². The van der Waals surface area contributed by atoms with Gasteiger partial charge in [0.25, 0.3) is 11.5 Å². The summed E-state index contributed by atoms with van der Waals surface area (Å²) in [6.07, 6.45) is 2.69. The van der Waals surface area contributed by atoms with Gasteiger partial charge in [0.05, 0.1) is 17.4 Å². The Kier molecular flexibility index (Phi) is 3.90. The highest BCUT2D eigenvalue weighted by Crippen LogP contribution is 2.32. The van der Waals surface area contributed by atoms with Crippen molar-refractivity contribution in [1.29, 1.82) is 0 Å². The largest absolute Gasteiger partial charge is 0.361 e. The summed E-state index contributed by atoms with van der Waals surface area (Å²) in [4.78, 5) is 32.0. The number of carbonyl (C=O) groups excluding carboxylic acids is 1. The van der Waals surface area contributed by atoms with Crippen molar-refractivity contribution in [3.8, 4) is 0 Å². The quantitative estimate of drug-likeness (QED) is 0.761. The number of hydrogen-bond donors (Lipinski definition) is 1. The lowest BCUT2D eigenvalue weighted by Gasteiger charge is -2.35. The van der Waals surface area contributed by atoms with Crippen LogP contribution in [0.2, 0.25) is 0 Å². The van der Waals surface area contributed by atoms with Crippen LogP contribution in [-0.4, -0.2) is 37.1 Å². The van der Waals surface area contributed by atoms with Crippen molar-refractivity contribution in [2.45, 2.75) is 46.1 Å². The molecule has 0 aromatic carbocycles. The minimum atomic E-state index is -0.224. The van der Waals surface area contributed by atoms with Crippen molar-refractivity contribution in [3.63, 3.8) is 0 Å². The molecule has 0 saturated carbocycles. The van der Waals surface area contributed by atoms with E-state index in [1.54, 1.807) is 18.7 Å². The molecule has 0 radical (unpaired) electrons. The van der Waals surface area contributed by atoms with Crippen LogP contribution in [0.4, 0.5) is 0 Å². The monoisotopic (exact) mass is 355 g/mol. The van der Waals surface area contributed by atoms with Crippen molar-refractivity contribution in [2.24, 2.45) is 0 Å². The van der Waals surface area contributed by atoms with Gasteiger partial charge in [0.15, 0.2) is 5.65 Å². The normalized spacial score (nSPS) is 17.8. The summed E-state index contributed by atoms with van der Waals surface area (Å²) < 4.78 is 6.58. The third-order valence-corrected chi connectivity index (χ3v) is 4.95. The highest BCUT2D eigenvalue weighted by molar-refractivity contribution is 5.96. The molecule has 1 unspecified atom stereocenters. The van der Waals surface area contributed by atoms with Crippen LogP contribution in [-0.2, 0) is 0 Å². The van der Waals surface area contributed by atoms with E-state index in [9.17, 15) is 9.59 Å². The number of carbonyl (C=O) groups is 1. The van der Waals surface area contributed by atoms with Crippen LogP contribution in [0, 0.1) is 20.8 Å². The van der Waals surface area contributed by atoms with Crippen molar-refractivity contribution >= 4 is 11.6 Å². The molecule has 8 heteroatoms. The summed E-state index contributed by atoms with van der Waals surface area (Å²) in [7, 11) is 0. The van der Waals surface area contributed by atoms with E-state index in [-0.39, 0.29) is 17.5 Å². The number of likely N-dealkylation sites (tertiary alicyclic amines) is 1. The summed E-state index contributed by atoms with van der Waals surface area (Å²) in [5, 5.41) is 6.86. The number of fused-ring (bicyclic) bond motifs is 1. The van der Waals surface area contributed by atoms with Crippen LogP contribution in [0.25, 0.3) is 5.65 Å². The highest BCUT2D eigenvalue weighted by atomic mass is 16.5. The molecule has 1 atom stereocenters. The molecule has 136 valence electrons. The van der Waals surface area contributed by atoms with Gasteiger partial charge >= 0.3 is 0 Å². The second-order valence-corrected chi connectivity index (χ2v) is 6.86. The molecule has 4 heterocycles. The summed E-state index contributed by atoms with van der Waals surface area (Å²) in [6, 6.07) is 3.12. The molecule has 3 aromatic rings. The lowest BCUT2D eigenvalue weighted by molar-refractivity contribution is 0.0603. The van der Waals surface area contributed by atoms with Gasteiger partial charge in [-0.2, -0.15) is 0 Å². The van der Waals surface area contributed by atoms with E-state index in [0.29, 0.717) is 34.9 Å². The molecule has 1 amide bonds.